The van der Waals surface area contributed by atoms with E-state index in [9.17, 15) is 14.4 Å². The van der Waals surface area contributed by atoms with Crippen LogP contribution in [-0.2, 0) is 18.9 Å². The van der Waals surface area contributed by atoms with Crippen molar-refractivity contribution in [3.63, 3.8) is 0 Å². The van der Waals surface area contributed by atoms with E-state index in [1.165, 1.54) is 12.1 Å². The molecule has 3 aromatic rings. The number of carbonyl (C=O) groups excluding carboxylic acids is 3. The van der Waals surface area contributed by atoms with Gasteiger partial charge in [-0.2, -0.15) is 0 Å². The monoisotopic (exact) mass is 487 g/mol. The van der Waals surface area contributed by atoms with Gasteiger partial charge in [-0.1, -0.05) is 59.7 Å². The average Bonchev–Trinajstić information content (AvgIpc) is 2.93. The largest absolute Gasteiger partial charge is 0.452 e. The second-order valence-electron chi connectivity index (χ2n) is 7.71. The third-order valence-electron chi connectivity index (χ3n) is 5.34. The quantitative estimate of drug-likeness (QED) is 0.159. The molecule has 182 valence electrons. The summed E-state index contributed by atoms with van der Waals surface area (Å²) < 4.78 is 22.5. The Kier molecular flexibility index (Phi) is 7.92. The van der Waals surface area contributed by atoms with Gasteiger partial charge >= 0.3 is 17.9 Å². The number of hydrogen-bond donors (Lipinski definition) is 0. The molecule has 0 amide bonds. The van der Waals surface area contributed by atoms with Crippen LogP contribution in [0.15, 0.2) is 96.1 Å². The second kappa shape index (κ2) is 11.7. The van der Waals surface area contributed by atoms with Gasteiger partial charge < -0.3 is 18.9 Å². The third kappa shape index (κ3) is 5.87. The summed E-state index contributed by atoms with van der Waals surface area (Å²) in [4.78, 5) is 41.3. The van der Waals surface area contributed by atoms with E-state index in [0.29, 0.717) is 0 Å². The summed E-state index contributed by atoms with van der Waals surface area (Å²) in [5.41, 5.74) is 9.75. The molecule has 0 saturated carbocycles. The van der Waals surface area contributed by atoms with Gasteiger partial charge in [-0.15, -0.1) is 0 Å². The lowest BCUT2D eigenvalue weighted by atomic mass is 10.0. The highest BCUT2D eigenvalue weighted by atomic mass is 16.6. The second-order valence-corrected chi connectivity index (χ2v) is 7.71. The van der Waals surface area contributed by atoms with E-state index >= 15 is 0 Å². The molecule has 4 atom stereocenters. The van der Waals surface area contributed by atoms with E-state index in [-0.39, 0.29) is 23.3 Å². The molecule has 3 aromatic carbocycles. The van der Waals surface area contributed by atoms with Gasteiger partial charge in [0, 0.05) is 4.91 Å². The van der Waals surface area contributed by atoms with E-state index in [2.05, 4.69) is 10.0 Å². The molecule has 1 aliphatic heterocycles. The zero-order valence-electron chi connectivity index (χ0n) is 18.9. The summed E-state index contributed by atoms with van der Waals surface area (Å²) in [5.74, 6) is -2.21. The number of esters is 3. The fraction of sp³-hybridized carbons (Fsp3) is 0.192. The van der Waals surface area contributed by atoms with E-state index in [0.717, 1.165) is 0 Å². The molecule has 0 N–H and O–H groups in total. The highest BCUT2D eigenvalue weighted by molar-refractivity contribution is 5.91. The Labute approximate surface area is 206 Å². The van der Waals surface area contributed by atoms with Gasteiger partial charge in [0.25, 0.3) is 0 Å². The van der Waals surface area contributed by atoms with Crippen molar-refractivity contribution in [2.45, 2.75) is 24.5 Å². The summed E-state index contributed by atoms with van der Waals surface area (Å²) in [6.45, 7) is -0.269. The van der Waals surface area contributed by atoms with Crippen molar-refractivity contribution in [2.75, 3.05) is 6.61 Å². The normalized spacial score (nSPS) is 20.9. The first-order valence-corrected chi connectivity index (χ1v) is 11.0. The van der Waals surface area contributed by atoms with Gasteiger partial charge in [0.2, 0.25) is 0 Å². The Morgan fingerprint density at radius 2 is 1.11 bits per heavy atom. The summed E-state index contributed by atoms with van der Waals surface area (Å²) in [7, 11) is 0. The van der Waals surface area contributed by atoms with E-state index < -0.39 is 42.4 Å². The first-order chi connectivity index (χ1) is 17.6. The lowest BCUT2D eigenvalue weighted by Crippen LogP contribution is -2.57. The summed E-state index contributed by atoms with van der Waals surface area (Å²) in [5, 5.41) is 3.56. The maximum atomic E-state index is 12.9. The Morgan fingerprint density at radius 1 is 0.694 bits per heavy atom. The minimum absolute atomic E-state index is 0.216. The lowest BCUT2D eigenvalue weighted by Gasteiger charge is -2.39. The topological polar surface area (TPSA) is 137 Å². The number of nitrogens with zero attached hydrogens (tertiary/aromatic N) is 3. The van der Waals surface area contributed by atoms with E-state index in [1.807, 2.05) is 0 Å². The molecule has 10 heteroatoms. The number of hydrogen-bond acceptors (Lipinski definition) is 8. The SMILES string of the molecule is [N-]=[N+]=N[C@@H]1OC[C@@H](OC(=O)c2ccccc2)[C@@H](OC(=O)c2ccccc2)[C@H]1OC(=O)c1ccccc1. The van der Waals surface area contributed by atoms with Gasteiger partial charge in [0.15, 0.2) is 24.5 Å². The molecule has 0 unspecified atom stereocenters. The number of benzene rings is 3. The van der Waals surface area contributed by atoms with Gasteiger partial charge in [-0.05, 0) is 41.9 Å². The molecule has 1 heterocycles. The Balaban J connectivity index is 1.65. The summed E-state index contributed by atoms with van der Waals surface area (Å²) in [6, 6.07) is 24.4. The molecule has 10 nitrogen and oxygen atoms in total. The number of carbonyl (C=O) groups is 3. The van der Waals surface area contributed by atoms with E-state index in [4.69, 9.17) is 24.5 Å². The van der Waals surface area contributed by atoms with Gasteiger partial charge in [0.05, 0.1) is 23.3 Å². The van der Waals surface area contributed by atoms with Crippen molar-refractivity contribution in [1.29, 1.82) is 0 Å². The van der Waals surface area contributed by atoms with Gasteiger partial charge in [-0.25, -0.2) is 14.4 Å². The van der Waals surface area contributed by atoms with Crippen molar-refractivity contribution in [3.05, 3.63) is 118 Å². The van der Waals surface area contributed by atoms with Crippen LogP contribution in [0.2, 0.25) is 0 Å². The van der Waals surface area contributed by atoms with Crippen LogP contribution in [0.3, 0.4) is 0 Å². The van der Waals surface area contributed by atoms with Crippen LogP contribution in [0.25, 0.3) is 10.4 Å². The van der Waals surface area contributed by atoms with Crippen molar-refractivity contribution >= 4 is 17.9 Å². The fourth-order valence-electron chi connectivity index (χ4n) is 3.59. The van der Waals surface area contributed by atoms with Crippen LogP contribution in [-0.4, -0.2) is 49.1 Å². The van der Waals surface area contributed by atoms with Gasteiger partial charge in [0.1, 0.15) is 0 Å². The fourth-order valence-corrected chi connectivity index (χ4v) is 3.59. The minimum Gasteiger partial charge on any atom is -0.452 e. The average molecular weight is 487 g/mol. The molecule has 0 aliphatic carbocycles. The molecular weight excluding hydrogens is 466 g/mol. The first-order valence-electron chi connectivity index (χ1n) is 11.0. The van der Waals surface area contributed by atoms with Crippen molar-refractivity contribution in [2.24, 2.45) is 5.11 Å². The number of rotatable bonds is 7. The molecule has 0 spiro atoms. The Bertz CT molecular complexity index is 1250. The summed E-state index contributed by atoms with van der Waals surface area (Å²) in [6.07, 6.45) is -5.22. The van der Waals surface area contributed by atoms with Crippen molar-refractivity contribution in [1.82, 2.24) is 0 Å². The Hall–Kier alpha value is -4.66. The predicted molar refractivity (Wildman–Crippen MR) is 126 cm³/mol. The molecule has 1 fully saturated rings. The maximum Gasteiger partial charge on any atom is 0.338 e. The smallest absolute Gasteiger partial charge is 0.338 e. The minimum atomic E-state index is -1.40. The number of ether oxygens (including phenoxy) is 4. The maximum absolute atomic E-state index is 12.9. The van der Waals surface area contributed by atoms with Crippen LogP contribution in [0.4, 0.5) is 0 Å². The molecular formula is C26H21N3O7. The lowest BCUT2D eigenvalue weighted by molar-refractivity contribution is -0.187. The van der Waals surface area contributed by atoms with Crippen LogP contribution >= 0.6 is 0 Å². The molecule has 0 aromatic heterocycles. The highest BCUT2D eigenvalue weighted by Crippen LogP contribution is 2.27. The summed E-state index contributed by atoms with van der Waals surface area (Å²) >= 11 is 0. The van der Waals surface area contributed by atoms with Gasteiger partial charge in [-0.3, -0.25) is 0 Å². The highest BCUT2D eigenvalue weighted by Gasteiger charge is 2.47. The number of azide groups is 1. The van der Waals surface area contributed by atoms with Crippen molar-refractivity contribution < 1.29 is 33.3 Å². The van der Waals surface area contributed by atoms with Crippen LogP contribution in [0.1, 0.15) is 31.1 Å². The first kappa shape index (κ1) is 24.5. The molecule has 0 radical (unpaired) electrons. The van der Waals surface area contributed by atoms with E-state index in [1.54, 1.807) is 78.9 Å². The molecule has 1 saturated heterocycles. The van der Waals surface area contributed by atoms with Crippen LogP contribution < -0.4 is 0 Å². The molecule has 0 bridgehead atoms. The molecule has 1 aliphatic rings. The van der Waals surface area contributed by atoms with Crippen molar-refractivity contribution in [3.8, 4) is 0 Å². The molecule has 36 heavy (non-hydrogen) atoms. The predicted octanol–water partition coefficient (Wildman–Crippen LogP) is 4.33. The van der Waals surface area contributed by atoms with Crippen LogP contribution in [0, 0.1) is 0 Å². The van der Waals surface area contributed by atoms with Crippen LogP contribution in [0.5, 0.6) is 0 Å². The Morgan fingerprint density at radius 3 is 1.56 bits per heavy atom. The standard InChI is InChI=1S/C26H21N3O7/c27-29-28-23-22(36-26(32)19-14-8-3-9-15-19)21(35-25(31)18-12-6-2-7-13-18)20(16-33-23)34-24(30)17-10-4-1-5-11-17/h1-15,20-23H,16H2/t20-,21-,22-,23-/m1/s1. The zero-order valence-corrected chi connectivity index (χ0v) is 18.9. The zero-order chi connectivity index (χ0) is 25.3. The molecule has 4 rings (SSSR count). The third-order valence-corrected chi connectivity index (χ3v) is 5.34.